The van der Waals surface area contributed by atoms with Crippen LogP contribution in [0.15, 0.2) is 42.6 Å². The van der Waals surface area contributed by atoms with Crippen molar-refractivity contribution in [2.24, 2.45) is 0 Å². The zero-order chi connectivity index (χ0) is 18.9. The van der Waals surface area contributed by atoms with Crippen molar-refractivity contribution in [1.29, 1.82) is 0 Å². The van der Waals surface area contributed by atoms with Crippen molar-refractivity contribution in [3.05, 3.63) is 59.3 Å². The predicted molar refractivity (Wildman–Crippen MR) is 110 cm³/mol. The van der Waals surface area contributed by atoms with Crippen molar-refractivity contribution in [2.75, 3.05) is 25.0 Å². The van der Waals surface area contributed by atoms with E-state index in [1.807, 2.05) is 19.1 Å². The van der Waals surface area contributed by atoms with Crippen molar-refractivity contribution < 1.29 is 4.79 Å². The first kappa shape index (κ1) is 19.4. The van der Waals surface area contributed by atoms with Gasteiger partial charge in [0.1, 0.15) is 5.82 Å². The lowest BCUT2D eigenvalue weighted by atomic mass is 10.1. The Labute approximate surface area is 162 Å². The quantitative estimate of drug-likeness (QED) is 0.782. The molecule has 1 aliphatic heterocycles. The number of rotatable bonds is 7. The minimum absolute atomic E-state index is 0.0839. The molecule has 1 aromatic carbocycles. The molecule has 0 spiro atoms. The first-order valence-corrected chi connectivity index (χ1v) is 10.0. The average Bonchev–Trinajstić information content (AvgIpc) is 2.97. The highest BCUT2D eigenvalue weighted by Crippen LogP contribution is 2.17. The number of benzene rings is 1. The molecule has 2 aromatic rings. The summed E-state index contributed by atoms with van der Waals surface area (Å²) in [5.74, 6) is 0.701. The average molecular weight is 367 g/mol. The van der Waals surface area contributed by atoms with Crippen molar-refractivity contribution in [1.82, 2.24) is 15.2 Å². The van der Waals surface area contributed by atoms with E-state index in [0.717, 1.165) is 18.9 Å². The molecule has 3 rings (SSSR count). The lowest BCUT2D eigenvalue weighted by Crippen LogP contribution is -2.24. The summed E-state index contributed by atoms with van der Waals surface area (Å²) in [5, 5.41) is 6.17. The predicted octanol–water partition coefficient (Wildman–Crippen LogP) is 3.82. The van der Waals surface area contributed by atoms with Crippen molar-refractivity contribution in [3.8, 4) is 0 Å². The lowest BCUT2D eigenvalue weighted by Gasteiger charge is -2.21. The highest BCUT2D eigenvalue weighted by molar-refractivity contribution is 5.93. The van der Waals surface area contributed by atoms with Crippen LogP contribution in [0.2, 0.25) is 0 Å². The Bertz CT molecular complexity index is 721. The molecule has 1 aliphatic rings. The first-order valence-electron chi connectivity index (χ1n) is 10.0. The number of carbonyl (C=O) groups is 1. The molecule has 0 bridgehead atoms. The van der Waals surface area contributed by atoms with Crippen LogP contribution >= 0.6 is 0 Å². The molecular formula is C22H30N4O. The van der Waals surface area contributed by atoms with Crippen LogP contribution < -0.4 is 10.6 Å². The maximum Gasteiger partial charge on any atom is 0.252 e. The number of pyridine rings is 1. The molecule has 27 heavy (non-hydrogen) atoms. The fourth-order valence-corrected chi connectivity index (χ4v) is 3.50. The molecule has 0 radical (unpaired) electrons. The molecule has 0 saturated carbocycles. The van der Waals surface area contributed by atoms with Gasteiger partial charge >= 0.3 is 0 Å². The van der Waals surface area contributed by atoms with Crippen LogP contribution in [-0.4, -0.2) is 35.4 Å². The molecule has 1 aromatic heterocycles. The van der Waals surface area contributed by atoms with E-state index in [9.17, 15) is 4.79 Å². The highest BCUT2D eigenvalue weighted by Gasteiger charge is 2.12. The molecule has 2 heterocycles. The smallest absolute Gasteiger partial charge is 0.252 e. The Morgan fingerprint density at radius 3 is 2.44 bits per heavy atom. The minimum Gasteiger partial charge on any atom is -0.366 e. The Morgan fingerprint density at radius 1 is 1.04 bits per heavy atom. The summed E-state index contributed by atoms with van der Waals surface area (Å²) in [7, 11) is 0. The molecule has 0 atom stereocenters. The fourth-order valence-electron chi connectivity index (χ4n) is 3.50. The molecule has 2 N–H and O–H groups in total. The molecule has 1 saturated heterocycles. The van der Waals surface area contributed by atoms with E-state index in [4.69, 9.17) is 0 Å². The zero-order valence-electron chi connectivity index (χ0n) is 16.2. The van der Waals surface area contributed by atoms with E-state index in [1.165, 1.54) is 49.9 Å². The van der Waals surface area contributed by atoms with Gasteiger partial charge in [-0.1, -0.05) is 37.1 Å². The van der Waals surface area contributed by atoms with E-state index in [0.29, 0.717) is 12.1 Å². The van der Waals surface area contributed by atoms with Crippen molar-refractivity contribution in [2.45, 2.75) is 45.7 Å². The summed E-state index contributed by atoms with van der Waals surface area (Å²) in [6, 6.07) is 12.3. The van der Waals surface area contributed by atoms with Gasteiger partial charge in [-0.15, -0.1) is 0 Å². The lowest BCUT2D eigenvalue weighted by molar-refractivity contribution is 0.0955. The topological polar surface area (TPSA) is 57.3 Å². The Kier molecular flexibility index (Phi) is 7.22. The summed E-state index contributed by atoms with van der Waals surface area (Å²) in [5.41, 5.74) is 3.27. The third-order valence-electron chi connectivity index (χ3n) is 5.03. The molecular weight excluding hydrogens is 336 g/mol. The molecule has 1 amide bonds. The molecule has 144 valence electrons. The molecule has 5 heteroatoms. The van der Waals surface area contributed by atoms with Gasteiger partial charge < -0.3 is 10.6 Å². The van der Waals surface area contributed by atoms with Crippen LogP contribution in [0.1, 0.15) is 54.1 Å². The number of nitrogens with zero attached hydrogens (tertiary/aromatic N) is 2. The summed E-state index contributed by atoms with van der Waals surface area (Å²) in [4.78, 5) is 18.8. The summed E-state index contributed by atoms with van der Waals surface area (Å²) >= 11 is 0. The Hall–Kier alpha value is -2.40. The SMILES string of the molecule is CCNC(=O)c1ccc(NCc2ccccc2CN2CCCCCC2)nc1. The van der Waals surface area contributed by atoms with E-state index in [-0.39, 0.29) is 5.91 Å². The molecule has 5 nitrogen and oxygen atoms in total. The van der Waals surface area contributed by atoms with E-state index in [1.54, 1.807) is 6.20 Å². The zero-order valence-corrected chi connectivity index (χ0v) is 16.2. The Balaban J connectivity index is 1.60. The van der Waals surface area contributed by atoms with Gasteiger partial charge in [-0.3, -0.25) is 9.69 Å². The molecule has 0 unspecified atom stereocenters. The molecule has 1 fully saturated rings. The van der Waals surface area contributed by atoms with E-state index < -0.39 is 0 Å². The van der Waals surface area contributed by atoms with Crippen LogP contribution in [-0.2, 0) is 13.1 Å². The summed E-state index contributed by atoms with van der Waals surface area (Å²) in [6.07, 6.45) is 6.95. The van der Waals surface area contributed by atoms with Gasteiger partial charge in [0.25, 0.3) is 5.91 Å². The highest BCUT2D eigenvalue weighted by atomic mass is 16.1. The van der Waals surface area contributed by atoms with Gasteiger partial charge in [-0.2, -0.15) is 0 Å². The first-order chi connectivity index (χ1) is 13.3. The van der Waals surface area contributed by atoms with Gasteiger partial charge in [0.15, 0.2) is 0 Å². The summed E-state index contributed by atoms with van der Waals surface area (Å²) in [6.45, 7) is 6.67. The number of likely N-dealkylation sites (tertiary alicyclic amines) is 1. The largest absolute Gasteiger partial charge is 0.366 e. The Morgan fingerprint density at radius 2 is 1.78 bits per heavy atom. The van der Waals surface area contributed by atoms with Crippen LogP contribution in [0.25, 0.3) is 0 Å². The monoisotopic (exact) mass is 366 g/mol. The third-order valence-corrected chi connectivity index (χ3v) is 5.03. The van der Waals surface area contributed by atoms with Crippen LogP contribution in [0, 0.1) is 0 Å². The van der Waals surface area contributed by atoms with Gasteiger partial charge in [-0.25, -0.2) is 4.98 Å². The van der Waals surface area contributed by atoms with Gasteiger partial charge in [-0.05, 0) is 56.1 Å². The maximum atomic E-state index is 11.8. The van der Waals surface area contributed by atoms with E-state index >= 15 is 0 Å². The summed E-state index contributed by atoms with van der Waals surface area (Å²) < 4.78 is 0. The number of hydrogen-bond donors (Lipinski definition) is 2. The third kappa shape index (κ3) is 5.79. The van der Waals surface area contributed by atoms with Crippen LogP contribution in [0.3, 0.4) is 0 Å². The van der Waals surface area contributed by atoms with Gasteiger partial charge in [0, 0.05) is 25.8 Å². The number of anilines is 1. The van der Waals surface area contributed by atoms with Crippen molar-refractivity contribution in [3.63, 3.8) is 0 Å². The van der Waals surface area contributed by atoms with Gasteiger partial charge in [0.05, 0.1) is 5.56 Å². The fraction of sp³-hybridized carbons (Fsp3) is 0.455. The second kappa shape index (κ2) is 10.1. The van der Waals surface area contributed by atoms with Crippen LogP contribution in [0.5, 0.6) is 0 Å². The second-order valence-electron chi connectivity index (χ2n) is 7.10. The normalized spacial score (nSPS) is 15.1. The number of hydrogen-bond acceptors (Lipinski definition) is 4. The van der Waals surface area contributed by atoms with Crippen LogP contribution in [0.4, 0.5) is 5.82 Å². The molecule has 0 aliphatic carbocycles. The van der Waals surface area contributed by atoms with Gasteiger partial charge in [0.2, 0.25) is 0 Å². The minimum atomic E-state index is -0.0839. The maximum absolute atomic E-state index is 11.8. The number of amides is 1. The number of carbonyl (C=O) groups excluding carboxylic acids is 1. The number of nitrogens with one attached hydrogen (secondary N) is 2. The standard InChI is InChI=1S/C22H30N4O/c1-2-23-22(27)19-11-12-21(25-16-19)24-15-18-9-5-6-10-20(18)17-26-13-7-3-4-8-14-26/h5-6,9-12,16H,2-4,7-8,13-15,17H2,1H3,(H,23,27)(H,24,25). The second-order valence-corrected chi connectivity index (χ2v) is 7.10. The van der Waals surface area contributed by atoms with Crippen molar-refractivity contribution >= 4 is 11.7 Å². The number of aromatic nitrogens is 1. The van der Waals surface area contributed by atoms with E-state index in [2.05, 4.69) is 44.8 Å².